The van der Waals surface area contributed by atoms with Crippen LogP contribution in [0, 0.1) is 6.92 Å². The molecule has 7 aromatic carbocycles. The minimum Gasteiger partial charge on any atom is -0.456 e. The molecule has 1 heterocycles. The van der Waals surface area contributed by atoms with Crippen molar-refractivity contribution >= 4 is 16.8 Å². The number of aryl methyl sites for hydroxylation is 1. The fourth-order valence-corrected chi connectivity index (χ4v) is 8.64. The Labute approximate surface area is 262 Å². The van der Waals surface area contributed by atoms with E-state index in [1.807, 2.05) is 6.08 Å². The normalized spacial score (nSPS) is 16.0. The Morgan fingerprint density at radius 3 is 1.93 bits per heavy atom. The molecule has 0 bridgehead atoms. The fraction of sp³-hybridized carbons (Fsp3) is 0.0455. The van der Waals surface area contributed by atoms with Gasteiger partial charge in [-0.25, -0.2) is 0 Å². The molecule has 0 aromatic heterocycles. The number of benzene rings is 7. The fourth-order valence-electron chi connectivity index (χ4n) is 8.64. The maximum absolute atomic E-state index is 6.61. The van der Waals surface area contributed by atoms with E-state index in [0.29, 0.717) is 0 Å². The molecule has 0 saturated heterocycles. The van der Waals surface area contributed by atoms with E-state index >= 15 is 0 Å². The summed E-state index contributed by atoms with van der Waals surface area (Å²) in [6.45, 7) is 6.34. The molecule has 7 aromatic rings. The third-order valence-electron chi connectivity index (χ3n) is 10.4. The van der Waals surface area contributed by atoms with E-state index in [1.54, 1.807) is 0 Å². The Kier molecular flexibility index (Phi) is 4.79. The molecule has 1 atom stereocenters. The minimum atomic E-state index is -0.406. The van der Waals surface area contributed by atoms with E-state index in [1.165, 1.54) is 83.1 Å². The molecule has 10 rings (SSSR count). The lowest BCUT2D eigenvalue weighted by Gasteiger charge is -2.31. The molecule has 0 amide bonds. The molecule has 1 aliphatic heterocycles. The molecular weight excluding hydrogens is 544 g/mol. The van der Waals surface area contributed by atoms with E-state index < -0.39 is 5.41 Å². The van der Waals surface area contributed by atoms with Gasteiger partial charge in [0, 0.05) is 10.9 Å². The van der Waals surface area contributed by atoms with Crippen molar-refractivity contribution < 1.29 is 4.74 Å². The summed E-state index contributed by atoms with van der Waals surface area (Å²) in [5, 5.41) is 2.37. The van der Waals surface area contributed by atoms with Gasteiger partial charge in [0.2, 0.25) is 0 Å². The molecule has 0 saturated carbocycles. The van der Waals surface area contributed by atoms with Gasteiger partial charge < -0.3 is 4.74 Å². The molecule has 1 heteroatoms. The van der Waals surface area contributed by atoms with Gasteiger partial charge in [-0.15, -0.1) is 0 Å². The van der Waals surface area contributed by atoms with Crippen molar-refractivity contribution in [3.63, 3.8) is 0 Å². The number of hydrogen-bond acceptors (Lipinski definition) is 1. The van der Waals surface area contributed by atoms with Crippen LogP contribution < -0.4 is 4.74 Å². The van der Waals surface area contributed by atoms with E-state index in [2.05, 4.69) is 147 Å². The van der Waals surface area contributed by atoms with Gasteiger partial charge in [0.1, 0.15) is 11.5 Å². The maximum atomic E-state index is 6.61. The van der Waals surface area contributed by atoms with Crippen LogP contribution in [0.2, 0.25) is 0 Å². The summed E-state index contributed by atoms with van der Waals surface area (Å²) in [5.41, 5.74) is 17.4. The zero-order valence-electron chi connectivity index (χ0n) is 24.9. The lowest BCUT2D eigenvalue weighted by Crippen LogP contribution is -2.26. The highest BCUT2D eigenvalue weighted by atomic mass is 16.5. The van der Waals surface area contributed by atoms with Crippen LogP contribution in [0.15, 0.2) is 140 Å². The van der Waals surface area contributed by atoms with Crippen molar-refractivity contribution in [2.24, 2.45) is 0 Å². The average Bonchev–Trinajstić information content (AvgIpc) is 3.54. The average molecular weight is 573 g/mol. The zero-order chi connectivity index (χ0) is 29.9. The Morgan fingerprint density at radius 2 is 1.11 bits per heavy atom. The highest BCUT2D eigenvalue weighted by Crippen LogP contribution is 2.65. The highest BCUT2D eigenvalue weighted by Gasteiger charge is 2.52. The molecule has 3 aliphatic rings. The van der Waals surface area contributed by atoms with Crippen molar-refractivity contribution in [3.8, 4) is 56.0 Å². The van der Waals surface area contributed by atoms with Gasteiger partial charge in [-0.3, -0.25) is 0 Å². The standard InChI is InChI=1S/C44H28O/c1-3-27-25-34-29-14-4-6-19-35(29)44(38(34)24-26(27)2)36-20-7-5-15-32(36)42-30(16-10-21-37(42)44)31-17-11-23-40-43(31)33-18-8-12-28-13-9-22-39(45-40)41(28)33/h3-25H,1H2,2H3. The first-order valence-electron chi connectivity index (χ1n) is 15.6. The van der Waals surface area contributed by atoms with Crippen LogP contribution in [-0.4, -0.2) is 0 Å². The van der Waals surface area contributed by atoms with Crippen LogP contribution in [0.5, 0.6) is 11.5 Å². The first kappa shape index (κ1) is 24.7. The molecule has 1 nitrogen and oxygen atoms in total. The lowest BCUT2D eigenvalue weighted by molar-refractivity contribution is 0.487. The van der Waals surface area contributed by atoms with Crippen molar-refractivity contribution in [3.05, 3.63) is 173 Å². The molecule has 0 radical (unpaired) electrons. The van der Waals surface area contributed by atoms with Gasteiger partial charge >= 0.3 is 0 Å². The number of fused-ring (bicyclic) bond motifs is 12. The maximum Gasteiger partial charge on any atom is 0.135 e. The zero-order valence-corrected chi connectivity index (χ0v) is 24.9. The molecule has 2 aliphatic carbocycles. The Balaban J connectivity index is 1.33. The summed E-state index contributed by atoms with van der Waals surface area (Å²) in [6.07, 6.45) is 1.98. The number of hydrogen-bond donors (Lipinski definition) is 0. The number of rotatable bonds is 2. The van der Waals surface area contributed by atoms with Gasteiger partial charge in [-0.2, -0.15) is 0 Å². The van der Waals surface area contributed by atoms with E-state index in [9.17, 15) is 0 Å². The van der Waals surface area contributed by atoms with Crippen LogP contribution in [0.1, 0.15) is 33.4 Å². The Bertz CT molecular complexity index is 2440. The van der Waals surface area contributed by atoms with Crippen LogP contribution in [0.25, 0.3) is 61.4 Å². The topological polar surface area (TPSA) is 9.23 Å². The Morgan fingerprint density at radius 1 is 0.511 bits per heavy atom. The summed E-state index contributed by atoms with van der Waals surface area (Å²) in [4.78, 5) is 0. The quantitative estimate of drug-likeness (QED) is 0.200. The predicted molar refractivity (Wildman–Crippen MR) is 186 cm³/mol. The summed E-state index contributed by atoms with van der Waals surface area (Å²) in [7, 11) is 0. The number of ether oxygens (including phenoxy) is 1. The monoisotopic (exact) mass is 572 g/mol. The van der Waals surface area contributed by atoms with Gasteiger partial charge in [0.25, 0.3) is 0 Å². The smallest absolute Gasteiger partial charge is 0.135 e. The first-order chi connectivity index (χ1) is 22.2. The van der Waals surface area contributed by atoms with E-state index in [0.717, 1.165) is 17.1 Å². The largest absolute Gasteiger partial charge is 0.456 e. The third kappa shape index (κ3) is 2.98. The van der Waals surface area contributed by atoms with Gasteiger partial charge in [0.15, 0.2) is 0 Å². The van der Waals surface area contributed by atoms with Crippen molar-refractivity contribution in [1.82, 2.24) is 0 Å². The van der Waals surface area contributed by atoms with Gasteiger partial charge in [-0.1, -0.05) is 128 Å². The summed E-state index contributed by atoms with van der Waals surface area (Å²) < 4.78 is 6.61. The summed E-state index contributed by atoms with van der Waals surface area (Å²) in [5.74, 6) is 1.82. The molecular formula is C44H28O. The van der Waals surface area contributed by atoms with Crippen LogP contribution in [0.3, 0.4) is 0 Å². The van der Waals surface area contributed by atoms with Crippen molar-refractivity contribution in [2.45, 2.75) is 12.3 Å². The second-order valence-electron chi connectivity index (χ2n) is 12.5. The lowest BCUT2D eigenvalue weighted by atomic mass is 9.70. The predicted octanol–water partition coefficient (Wildman–Crippen LogP) is 11.6. The van der Waals surface area contributed by atoms with Crippen LogP contribution >= 0.6 is 0 Å². The van der Waals surface area contributed by atoms with E-state index in [-0.39, 0.29) is 0 Å². The van der Waals surface area contributed by atoms with Crippen LogP contribution in [0.4, 0.5) is 0 Å². The van der Waals surface area contributed by atoms with Gasteiger partial charge in [0.05, 0.1) is 5.41 Å². The summed E-state index contributed by atoms with van der Waals surface area (Å²) in [6, 6.07) is 49.2. The molecule has 210 valence electrons. The van der Waals surface area contributed by atoms with Crippen molar-refractivity contribution in [2.75, 3.05) is 0 Å². The minimum absolute atomic E-state index is 0.406. The Hall–Kier alpha value is -5.66. The molecule has 1 spiro atoms. The molecule has 1 unspecified atom stereocenters. The molecule has 0 N–H and O–H groups in total. The van der Waals surface area contributed by atoms with Crippen LogP contribution in [-0.2, 0) is 5.41 Å². The summed E-state index contributed by atoms with van der Waals surface area (Å²) >= 11 is 0. The molecule has 0 fully saturated rings. The SMILES string of the molecule is C=Cc1cc2c(cc1C)C1(c3ccccc3-2)c2ccccc2-c2c(-c3cccc4c3-c3cccc5cccc(c35)O4)cccc21. The van der Waals surface area contributed by atoms with E-state index in [4.69, 9.17) is 4.74 Å². The molecule has 45 heavy (non-hydrogen) atoms. The van der Waals surface area contributed by atoms with Gasteiger partial charge in [-0.05, 0) is 103 Å². The third-order valence-corrected chi connectivity index (χ3v) is 10.4. The second-order valence-corrected chi connectivity index (χ2v) is 12.5. The highest BCUT2D eigenvalue weighted by molar-refractivity contribution is 6.09. The second kappa shape index (κ2) is 8.71. The van der Waals surface area contributed by atoms with Crippen molar-refractivity contribution in [1.29, 1.82) is 0 Å². The first-order valence-corrected chi connectivity index (χ1v) is 15.6.